The summed E-state index contributed by atoms with van der Waals surface area (Å²) in [4.78, 5) is 9.82. The Bertz CT molecular complexity index is 1070. The van der Waals surface area contributed by atoms with Crippen molar-refractivity contribution in [2.45, 2.75) is 45.8 Å². The lowest BCUT2D eigenvalue weighted by Gasteiger charge is -2.24. The molecule has 1 aromatic heterocycles. The van der Waals surface area contributed by atoms with Crippen LogP contribution in [0.2, 0.25) is 10.0 Å². The molecule has 0 aliphatic heterocycles. The van der Waals surface area contributed by atoms with Crippen molar-refractivity contribution < 1.29 is 4.74 Å². The number of nitrogens with zero attached hydrogens (tertiary/aromatic N) is 2. The minimum Gasteiger partial charge on any atom is -0.376 e. The maximum atomic E-state index is 6.43. The fraction of sp³-hybridized carbons (Fsp3) is 0.333. The summed E-state index contributed by atoms with van der Waals surface area (Å²) in [6.45, 7) is 6.75. The van der Waals surface area contributed by atoms with Gasteiger partial charge < -0.3 is 10.1 Å². The van der Waals surface area contributed by atoms with E-state index in [1.54, 1.807) is 6.07 Å². The van der Waals surface area contributed by atoms with Crippen LogP contribution < -0.4 is 5.32 Å². The van der Waals surface area contributed by atoms with E-state index in [-0.39, 0.29) is 12.1 Å². The number of halogens is 2. The Hall–Kier alpha value is -2.14. The zero-order chi connectivity index (χ0) is 21.3. The highest BCUT2D eigenvalue weighted by molar-refractivity contribution is 6.36. The van der Waals surface area contributed by atoms with Gasteiger partial charge in [0.1, 0.15) is 5.82 Å². The molecular formula is C24H25Cl2N3O. The van der Waals surface area contributed by atoms with E-state index < -0.39 is 0 Å². The minimum atomic E-state index is 0.0464. The number of hydrogen-bond acceptors (Lipinski definition) is 4. The first kappa shape index (κ1) is 21.1. The second-order valence-corrected chi connectivity index (χ2v) is 8.29. The van der Waals surface area contributed by atoms with Gasteiger partial charge in [-0.2, -0.15) is 0 Å². The summed E-state index contributed by atoms with van der Waals surface area (Å²) in [6.07, 6.45) is 1.72. The van der Waals surface area contributed by atoms with Crippen LogP contribution in [-0.4, -0.2) is 22.7 Å². The van der Waals surface area contributed by atoms with Gasteiger partial charge in [0.25, 0.3) is 0 Å². The van der Waals surface area contributed by atoms with Crippen LogP contribution in [0.1, 0.15) is 42.4 Å². The first-order chi connectivity index (χ1) is 14.5. The smallest absolute Gasteiger partial charge is 0.148 e. The van der Waals surface area contributed by atoms with Crippen LogP contribution in [0.5, 0.6) is 0 Å². The average Bonchev–Trinajstić information content (AvgIpc) is 3.06. The molecule has 0 saturated heterocycles. The van der Waals surface area contributed by atoms with E-state index in [1.165, 1.54) is 11.1 Å². The van der Waals surface area contributed by atoms with Gasteiger partial charge in [0, 0.05) is 23.6 Å². The van der Waals surface area contributed by atoms with E-state index in [0.29, 0.717) is 16.7 Å². The number of aryl methyl sites for hydroxylation is 2. The van der Waals surface area contributed by atoms with E-state index >= 15 is 0 Å². The summed E-state index contributed by atoms with van der Waals surface area (Å²) in [6, 6.07) is 14.0. The standard InChI is InChI=1S/C24H25Cl2N3O/c1-4-20-24(27-14(3)22(28-20)18-11-10-16(25)13-19(18)26)29-23-17-9-7-6-8-15(17)12-21(23)30-5-2/h6-11,13,21,23H,4-5,12H2,1-3H3,(H,27,29)/t21-,23?/m0/s1. The van der Waals surface area contributed by atoms with Crippen LogP contribution in [0, 0.1) is 6.92 Å². The molecule has 0 spiro atoms. The highest BCUT2D eigenvalue weighted by Gasteiger charge is 2.33. The van der Waals surface area contributed by atoms with Crippen molar-refractivity contribution in [1.82, 2.24) is 9.97 Å². The Morgan fingerprint density at radius 1 is 1.10 bits per heavy atom. The molecule has 0 amide bonds. The summed E-state index contributed by atoms with van der Waals surface area (Å²) in [5.41, 5.74) is 5.93. The first-order valence-corrected chi connectivity index (χ1v) is 11.1. The number of ether oxygens (including phenoxy) is 1. The second-order valence-electron chi connectivity index (χ2n) is 7.45. The summed E-state index contributed by atoms with van der Waals surface area (Å²) < 4.78 is 6.05. The van der Waals surface area contributed by atoms with Crippen molar-refractivity contribution in [1.29, 1.82) is 0 Å². The zero-order valence-corrected chi connectivity index (χ0v) is 18.9. The molecule has 2 atom stereocenters. The Morgan fingerprint density at radius 2 is 1.90 bits per heavy atom. The van der Waals surface area contributed by atoms with Crippen molar-refractivity contribution in [3.05, 3.63) is 75.0 Å². The van der Waals surface area contributed by atoms with Crippen LogP contribution in [0.4, 0.5) is 5.82 Å². The van der Waals surface area contributed by atoms with Crippen molar-refractivity contribution in [3.8, 4) is 11.3 Å². The van der Waals surface area contributed by atoms with Gasteiger partial charge in [0.2, 0.25) is 0 Å². The number of nitrogens with one attached hydrogen (secondary N) is 1. The summed E-state index contributed by atoms with van der Waals surface area (Å²) in [5.74, 6) is 0.801. The normalized spacial score (nSPS) is 17.8. The molecular weight excluding hydrogens is 417 g/mol. The number of benzene rings is 2. The third-order valence-corrected chi connectivity index (χ3v) is 6.07. The van der Waals surface area contributed by atoms with E-state index in [4.69, 9.17) is 37.9 Å². The molecule has 4 nitrogen and oxygen atoms in total. The molecule has 4 rings (SSSR count). The lowest BCUT2D eigenvalue weighted by Crippen LogP contribution is -2.26. The highest BCUT2D eigenvalue weighted by Crippen LogP contribution is 2.37. The largest absolute Gasteiger partial charge is 0.376 e. The molecule has 1 aliphatic rings. The predicted molar refractivity (Wildman–Crippen MR) is 124 cm³/mol. The first-order valence-electron chi connectivity index (χ1n) is 10.3. The van der Waals surface area contributed by atoms with Crippen LogP contribution >= 0.6 is 23.2 Å². The molecule has 2 aromatic carbocycles. The molecule has 1 aliphatic carbocycles. The fourth-order valence-electron chi connectivity index (χ4n) is 4.10. The highest BCUT2D eigenvalue weighted by atomic mass is 35.5. The van der Waals surface area contributed by atoms with Crippen molar-refractivity contribution in [2.75, 3.05) is 11.9 Å². The van der Waals surface area contributed by atoms with E-state index in [9.17, 15) is 0 Å². The molecule has 6 heteroatoms. The monoisotopic (exact) mass is 441 g/mol. The average molecular weight is 442 g/mol. The number of rotatable bonds is 6. The SMILES string of the molecule is CCO[C@H]1Cc2ccccc2C1Nc1nc(C)c(-c2ccc(Cl)cc2Cl)nc1CC. The third kappa shape index (κ3) is 4.04. The summed E-state index contributed by atoms with van der Waals surface area (Å²) in [7, 11) is 0. The molecule has 0 fully saturated rings. The van der Waals surface area contributed by atoms with E-state index in [1.807, 2.05) is 26.0 Å². The molecule has 30 heavy (non-hydrogen) atoms. The van der Waals surface area contributed by atoms with Gasteiger partial charge in [0.05, 0.1) is 34.3 Å². The van der Waals surface area contributed by atoms with Crippen LogP contribution in [-0.2, 0) is 17.6 Å². The number of hydrogen-bond donors (Lipinski definition) is 1. The Balaban J connectivity index is 1.72. The third-order valence-electron chi connectivity index (χ3n) is 5.52. The van der Waals surface area contributed by atoms with Gasteiger partial charge in [-0.15, -0.1) is 0 Å². The van der Waals surface area contributed by atoms with Gasteiger partial charge in [-0.3, -0.25) is 0 Å². The molecule has 1 N–H and O–H groups in total. The van der Waals surface area contributed by atoms with Gasteiger partial charge >= 0.3 is 0 Å². The van der Waals surface area contributed by atoms with E-state index in [2.05, 4.69) is 36.5 Å². The Kier molecular flexibility index (Phi) is 6.28. The molecule has 1 heterocycles. The molecule has 156 valence electrons. The number of anilines is 1. The fourth-order valence-corrected chi connectivity index (χ4v) is 4.60. The van der Waals surface area contributed by atoms with Crippen molar-refractivity contribution in [2.24, 2.45) is 0 Å². The number of aromatic nitrogens is 2. The molecule has 0 saturated carbocycles. The van der Waals surface area contributed by atoms with Gasteiger partial charge in [0.15, 0.2) is 0 Å². The minimum absolute atomic E-state index is 0.0464. The molecule has 3 aromatic rings. The van der Waals surface area contributed by atoms with Crippen LogP contribution in [0.3, 0.4) is 0 Å². The topological polar surface area (TPSA) is 47.0 Å². The molecule has 1 unspecified atom stereocenters. The zero-order valence-electron chi connectivity index (χ0n) is 17.4. The Labute approximate surface area is 187 Å². The predicted octanol–water partition coefficient (Wildman–Crippen LogP) is 6.44. The second kappa shape index (κ2) is 8.93. The maximum absolute atomic E-state index is 6.43. The maximum Gasteiger partial charge on any atom is 0.148 e. The molecule has 0 bridgehead atoms. The van der Waals surface area contributed by atoms with E-state index in [0.717, 1.165) is 41.3 Å². The van der Waals surface area contributed by atoms with Crippen LogP contribution in [0.15, 0.2) is 42.5 Å². The lowest BCUT2D eigenvalue weighted by molar-refractivity contribution is 0.0573. The van der Waals surface area contributed by atoms with Crippen LogP contribution in [0.25, 0.3) is 11.3 Å². The van der Waals surface area contributed by atoms with Gasteiger partial charge in [-0.25, -0.2) is 9.97 Å². The quantitative estimate of drug-likeness (QED) is 0.478. The van der Waals surface area contributed by atoms with Gasteiger partial charge in [-0.1, -0.05) is 54.4 Å². The molecule has 0 radical (unpaired) electrons. The van der Waals surface area contributed by atoms with Crippen molar-refractivity contribution in [3.63, 3.8) is 0 Å². The van der Waals surface area contributed by atoms with Gasteiger partial charge in [-0.05, 0) is 49.6 Å². The lowest BCUT2D eigenvalue weighted by atomic mass is 10.1. The van der Waals surface area contributed by atoms with Crippen molar-refractivity contribution >= 4 is 29.0 Å². The Morgan fingerprint density at radius 3 is 2.63 bits per heavy atom. The number of fused-ring (bicyclic) bond motifs is 1. The summed E-state index contributed by atoms with van der Waals surface area (Å²) >= 11 is 12.5. The summed E-state index contributed by atoms with van der Waals surface area (Å²) in [5, 5.41) is 4.82.